The van der Waals surface area contributed by atoms with Crippen molar-refractivity contribution in [2.24, 2.45) is 0 Å². The summed E-state index contributed by atoms with van der Waals surface area (Å²) in [6.07, 6.45) is 3.93. The number of benzene rings is 1. The van der Waals surface area contributed by atoms with Crippen molar-refractivity contribution in [2.75, 3.05) is 36.4 Å². The lowest BCUT2D eigenvalue weighted by molar-refractivity contribution is -0.118. The van der Waals surface area contributed by atoms with E-state index in [9.17, 15) is 9.59 Å². The van der Waals surface area contributed by atoms with Gasteiger partial charge in [-0.1, -0.05) is 32.9 Å². The van der Waals surface area contributed by atoms with E-state index >= 15 is 0 Å². The van der Waals surface area contributed by atoms with Crippen LogP contribution in [0.4, 0.5) is 11.6 Å². The highest BCUT2D eigenvalue weighted by atomic mass is 16.1. The SMILES string of the molecule is CC(C)(C)c1ccc(NC(=O)c2cnc(N3CCN(C=O)CC3)nc2)cc1. The lowest BCUT2D eigenvalue weighted by Crippen LogP contribution is -2.46. The normalized spacial score (nSPS) is 14.8. The Morgan fingerprint density at radius 2 is 1.63 bits per heavy atom. The Labute approximate surface area is 159 Å². The molecule has 2 amide bonds. The highest BCUT2D eigenvalue weighted by Gasteiger charge is 2.18. The number of hydrogen-bond donors (Lipinski definition) is 1. The van der Waals surface area contributed by atoms with Gasteiger partial charge in [-0.3, -0.25) is 9.59 Å². The largest absolute Gasteiger partial charge is 0.342 e. The van der Waals surface area contributed by atoms with Crippen molar-refractivity contribution in [3.8, 4) is 0 Å². The number of nitrogens with zero attached hydrogens (tertiary/aromatic N) is 4. The molecule has 1 aromatic carbocycles. The van der Waals surface area contributed by atoms with Crippen LogP contribution < -0.4 is 10.2 Å². The molecule has 1 N–H and O–H groups in total. The van der Waals surface area contributed by atoms with E-state index < -0.39 is 0 Å². The first-order chi connectivity index (χ1) is 12.9. The van der Waals surface area contributed by atoms with E-state index in [4.69, 9.17) is 0 Å². The number of amides is 2. The second kappa shape index (κ2) is 7.73. The molecule has 0 bridgehead atoms. The predicted octanol–water partition coefficient (Wildman–Crippen LogP) is 2.30. The van der Waals surface area contributed by atoms with Gasteiger partial charge in [-0.25, -0.2) is 9.97 Å². The van der Waals surface area contributed by atoms with Gasteiger partial charge in [-0.2, -0.15) is 0 Å². The maximum absolute atomic E-state index is 12.4. The van der Waals surface area contributed by atoms with Crippen molar-refractivity contribution in [1.29, 1.82) is 0 Å². The molecule has 1 saturated heterocycles. The third kappa shape index (κ3) is 4.61. The number of carbonyl (C=O) groups excluding carboxylic acids is 2. The fourth-order valence-electron chi connectivity index (χ4n) is 2.89. The molecule has 1 aliphatic heterocycles. The molecule has 2 heterocycles. The average molecular weight is 367 g/mol. The van der Waals surface area contributed by atoms with Crippen molar-refractivity contribution in [3.05, 3.63) is 47.8 Å². The summed E-state index contributed by atoms with van der Waals surface area (Å²) in [5.41, 5.74) is 2.43. The summed E-state index contributed by atoms with van der Waals surface area (Å²) in [6, 6.07) is 7.85. The molecule has 7 nitrogen and oxygen atoms in total. The maximum Gasteiger partial charge on any atom is 0.258 e. The van der Waals surface area contributed by atoms with Crippen LogP contribution in [0.5, 0.6) is 0 Å². The minimum Gasteiger partial charge on any atom is -0.342 e. The van der Waals surface area contributed by atoms with Crippen LogP contribution in [0.3, 0.4) is 0 Å². The van der Waals surface area contributed by atoms with E-state index in [1.165, 1.54) is 18.0 Å². The zero-order chi connectivity index (χ0) is 19.4. The van der Waals surface area contributed by atoms with Gasteiger partial charge in [0.15, 0.2) is 0 Å². The average Bonchev–Trinajstić information content (AvgIpc) is 2.68. The van der Waals surface area contributed by atoms with Gasteiger partial charge < -0.3 is 15.1 Å². The first-order valence-corrected chi connectivity index (χ1v) is 9.05. The first-order valence-electron chi connectivity index (χ1n) is 9.05. The van der Waals surface area contributed by atoms with Crippen LogP contribution in [0.2, 0.25) is 0 Å². The third-order valence-electron chi connectivity index (χ3n) is 4.66. The van der Waals surface area contributed by atoms with Gasteiger partial charge in [0.25, 0.3) is 5.91 Å². The van der Waals surface area contributed by atoms with Gasteiger partial charge in [0.05, 0.1) is 5.56 Å². The van der Waals surface area contributed by atoms with Crippen molar-refractivity contribution in [1.82, 2.24) is 14.9 Å². The van der Waals surface area contributed by atoms with Gasteiger partial charge in [-0.15, -0.1) is 0 Å². The number of piperazine rings is 1. The van der Waals surface area contributed by atoms with E-state index in [0.717, 1.165) is 12.1 Å². The maximum atomic E-state index is 12.4. The quantitative estimate of drug-likeness (QED) is 0.839. The zero-order valence-corrected chi connectivity index (χ0v) is 16.0. The summed E-state index contributed by atoms with van der Waals surface area (Å²) in [4.78, 5) is 35.5. The van der Waals surface area contributed by atoms with Gasteiger partial charge >= 0.3 is 0 Å². The van der Waals surface area contributed by atoms with E-state index in [2.05, 4.69) is 36.1 Å². The number of hydrogen-bond acceptors (Lipinski definition) is 5. The molecule has 0 radical (unpaired) electrons. The molecule has 2 aromatic rings. The molecule has 142 valence electrons. The van der Waals surface area contributed by atoms with Gasteiger partial charge in [0, 0.05) is 44.3 Å². The Balaban J connectivity index is 1.61. The molecule has 0 spiro atoms. The molecule has 0 atom stereocenters. The predicted molar refractivity (Wildman–Crippen MR) is 105 cm³/mol. The summed E-state index contributed by atoms with van der Waals surface area (Å²) < 4.78 is 0. The van der Waals surface area contributed by atoms with Crippen LogP contribution >= 0.6 is 0 Å². The fourth-order valence-corrected chi connectivity index (χ4v) is 2.89. The third-order valence-corrected chi connectivity index (χ3v) is 4.66. The van der Waals surface area contributed by atoms with Crippen molar-refractivity contribution in [3.63, 3.8) is 0 Å². The molecule has 3 rings (SSSR count). The van der Waals surface area contributed by atoms with Crippen LogP contribution in [0, 0.1) is 0 Å². The highest BCUT2D eigenvalue weighted by Crippen LogP contribution is 2.23. The lowest BCUT2D eigenvalue weighted by atomic mass is 9.87. The summed E-state index contributed by atoms with van der Waals surface area (Å²) in [5.74, 6) is 0.336. The standard InChI is InChI=1S/C20H25N5O2/c1-20(2,3)16-4-6-17(7-5-16)23-18(27)15-12-21-19(22-13-15)25-10-8-24(14-26)9-11-25/h4-7,12-14H,8-11H2,1-3H3,(H,23,27). The lowest BCUT2D eigenvalue weighted by Gasteiger charge is -2.32. The Bertz CT molecular complexity index is 789. The van der Waals surface area contributed by atoms with E-state index in [1.54, 1.807) is 4.90 Å². The number of aromatic nitrogens is 2. The van der Waals surface area contributed by atoms with E-state index in [-0.39, 0.29) is 11.3 Å². The summed E-state index contributed by atoms with van der Waals surface area (Å²) in [6.45, 7) is 9.13. The molecule has 0 unspecified atom stereocenters. The second-order valence-corrected chi connectivity index (χ2v) is 7.68. The monoisotopic (exact) mass is 367 g/mol. The Kier molecular flexibility index (Phi) is 5.39. The van der Waals surface area contributed by atoms with Crippen LogP contribution in [0.15, 0.2) is 36.7 Å². The van der Waals surface area contributed by atoms with Crippen molar-refractivity contribution < 1.29 is 9.59 Å². The van der Waals surface area contributed by atoms with Gasteiger partial charge in [0.1, 0.15) is 0 Å². The molecule has 1 aliphatic rings. The molecule has 1 aromatic heterocycles. The Hall–Kier alpha value is -2.96. The van der Waals surface area contributed by atoms with E-state index in [1.807, 2.05) is 29.2 Å². The number of nitrogens with one attached hydrogen (secondary N) is 1. The molecule has 27 heavy (non-hydrogen) atoms. The van der Waals surface area contributed by atoms with Gasteiger partial charge in [-0.05, 0) is 23.1 Å². The Morgan fingerprint density at radius 1 is 1.04 bits per heavy atom. The van der Waals surface area contributed by atoms with E-state index in [0.29, 0.717) is 37.7 Å². The highest BCUT2D eigenvalue weighted by molar-refractivity contribution is 6.03. The molecule has 1 fully saturated rings. The first kappa shape index (κ1) is 18.8. The van der Waals surface area contributed by atoms with Crippen LogP contribution in [-0.4, -0.2) is 53.4 Å². The minimum atomic E-state index is -0.240. The fraction of sp³-hybridized carbons (Fsp3) is 0.400. The second-order valence-electron chi connectivity index (χ2n) is 7.68. The molecular formula is C20H25N5O2. The topological polar surface area (TPSA) is 78.4 Å². The Morgan fingerprint density at radius 3 is 2.15 bits per heavy atom. The molecule has 0 saturated carbocycles. The molecular weight excluding hydrogens is 342 g/mol. The summed E-state index contributed by atoms with van der Waals surface area (Å²) in [5, 5.41) is 2.87. The van der Waals surface area contributed by atoms with Gasteiger partial charge in [0.2, 0.25) is 12.4 Å². The number of carbonyl (C=O) groups is 2. The van der Waals surface area contributed by atoms with Crippen LogP contribution in [0.25, 0.3) is 0 Å². The van der Waals surface area contributed by atoms with Crippen LogP contribution in [-0.2, 0) is 10.2 Å². The molecule has 0 aliphatic carbocycles. The van der Waals surface area contributed by atoms with Crippen molar-refractivity contribution >= 4 is 24.0 Å². The number of rotatable bonds is 4. The molecule has 7 heteroatoms. The smallest absolute Gasteiger partial charge is 0.258 e. The summed E-state index contributed by atoms with van der Waals surface area (Å²) >= 11 is 0. The summed E-state index contributed by atoms with van der Waals surface area (Å²) in [7, 11) is 0. The minimum absolute atomic E-state index is 0.0728. The van der Waals surface area contributed by atoms with Crippen molar-refractivity contribution in [2.45, 2.75) is 26.2 Å². The zero-order valence-electron chi connectivity index (χ0n) is 16.0. The number of anilines is 2. The van der Waals surface area contributed by atoms with Crippen LogP contribution in [0.1, 0.15) is 36.7 Å².